The predicted molar refractivity (Wildman–Crippen MR) is 68.3 cm³/mol. The van der Waals surface area contributed by atoms with Gasteiger partial charge in [0.25, 0.3) is 5.91 Å². The highest BCUT2D eigenvalue weighted by Crippen LogP contribution is 2.47. The number of anilines is 1. The highest BCUT2D eigenvalue weighted by molar-refractivity contribution is 8.24. The van der Waals surface area contributed by atoms with Crippen LogP contribution in [-0.2, 0) is 4.79 Å². The molecule has 1 aromatic rings. The molecule has 0 aromatic heterocycles. The molecule has 1 atom stereocenters. The fourth-order valence-corrected chi connectivity index (χ4v) is 3.90. The van der Waals surface area contributed by atoms with Crippen LogP contribution in [0.1, 0.15) is 6.42 Å². The third-order valence-corrected chi connectivity index (χ3v) is 4.76. The van der Waals surface area contributed by atoms with E-state index < -0.39 is 23.1 Å². The molecule has 0 radical (unpaired) electrons. The van der Waals surface area contributed by atoms with Gasteiger partial charge in [-0.2, -0.15) is 0 Å². The lowest BCUT2D eigenvalue weighted by Gasteiger charge is -2.57. The topological polar surface area (TPSA) is 86.7 Å². The number of hydrogen-bond donors (Lipinski definition) is 1. The molecule has 1 aliphatic rings. The summed E-state index contributed by atoms with van der Waals surface area (Å²) < 4.78 is 23.0. The van der Waals surface area contributed by atoms with Gasteiger partial charge in [-0.05, 0) is 30.1 Å². The molecule has 100 valence electrons. The molecule has 0 spiro atoms. The minimum absolute atomic E-state index is 0.0341. The van der Waals surface area contributed by atoms with Crippen LogP contribution in [0.2, 0.25) is 0 Å². The van der Waals surface area contributed by atoms with E-state index in [-0.39, 0.29) is 17.5 Å². The van der Waals surface area contributed by atoms with Crippen molar-refractivity contribution in [3.05, 3.63) is 30.3 Å². The SMILES string of the molecule is O=C(CO)N(c1ccccc1)C1CCS([O-])([O-])C1. The van der Waals surface area contributed by atoms with Gasteiger partial charge in [0.1, 0.15) is 6.61 Å². The molecule has 1 N–H and O–H groups in total. The number of para-hydroxylation sites is 1. The quantitative estimate of drug-likeness (QED) is 0.881. The Labute approximate surface area is 107 Å². The average molecular weight is 269 g/mol. The highest BCUT2D eigenvalue weighted by Gasteiger charge is 2.29. The van der Waals surface area contributed by atoms with Gasteiger partial charge in [-0.15, -0.1) is 0 Å². The van der Waals surface area contributed by atoms with Crippen LogP contribution in [0.15, 0.2) is 30.3 Å². The van der Waals surface area contributed by atoms with Crippen LogP contribution >= 0.6 is 10.6 Å². The van der Waals surface area contributed by atoms with E-state index >= 15 is 0 Å². The van der Waals surface area contributed by atoms with Crippen LogP contribution in [0.3, 0.4) is 0 Å². The second-order valence-corrected chi connectivity index (χ2v) is 6.54. The molecule has 2 rings (SSSR count). The smallest absolute Gasteiger partial charge is 0.252 e. The first-order valence-corrected chi connectivity index (χ1v) is 7.54. The first kappa shape index (κ1) is 13.4. The number of amides is 1. The summed E-state index contributed by atoms with van der Waals surface area (Å²) in [6, 6.07) is 8.46. The van der Waals surface area contributed by atoms with Gasteiger partial charge in [-0.1, -0.05) is 18.2 Å². The van der Waals surface area contributed by atoms with E-state index in [4.69, 9.17) is 5.11 Å². The van der Waals surface area contributed by atoms with Crippen LogP contribution in [0.5, 0.6) is 0 Å². The van der Waals surface area contributed by atoms with Gasteiger partial charge in [0.2, 0.25) is 0 Å². The molecule has 1 unspecified atom stereocenters. The maximum atomic E-state index is 11.8. The molecule has 1 heterocycles. The third-order valence-electron chi connectivity index (χ3n) is 3.01. The summed E-state index contributed by atoms with van der Waals surface area (Å²) in [7, 11) is -3.07. The molecular formula is C12H15NO4S-2. The van der Waals surface area contributed by atoms with Gasteiger partial charge in [-0.25, -0.2) is 0 Å². The monoisotopic (exact) mass is 269 g/mol. The number of sulfone groups is 1. The molecule has 1 fully saturated rings. The van der Waals surface area contributed by atoms with Crippen molar-refractivity contribution >= 4 is 22.2 Å². The Kier molecular flexibility index (Phi) is 3.91. The van der Waals surface area contributed by atoms with Crippen LogP contribution < -0.4 is 4.90 Å². The molecule has 0 saturated carbocycles. The van der Waals surface area contributed by atoms with E-state index in [0.29, 0.717) is 12.1 Å². The molecule has 5 nitrogen and oxygen atoms in total. The Morgan fingerprint density at radius 3 is 2.56 bits per heavy atom. The largest absolute Gasteiger partial charge is 0.800 e. The fourth-order valence-electron chi connectivity index (χ4n) is 2.20. The van der Waals surface area contributed by atoms with Crippen LogP contribution in [-0.4, -0.2) is 44.3 Å². The number of carbonyl (C=O) groups is 1. The summed E-state index contributed by atoms with van der Waals surface area (Å²) >= 11 is 0. The Bertz CT molecular complexity index is 423. The van der Waals surface area contributed by atoms with Crippen molar-refractivity contribution in [2.45, 2.75) is 12.5 Å². The summed E-state index contributed by atoms with van der Waals surface area (Å²) in [5, 5.41) is 9.02. The Morgan fingerprint density at radius 1 is 1.39 bits per heavy atom. The average Bonchev–Trinajstić information content (AvgIpc) is 2.71. The standard InChI is InChI=1S/C12H17NO4S/c14-8-12(15)13(10-4-2-1-3-5-10)11-6-7-18(16,17)9-11/h1-5,11,14,16-17H,6-9H2/p-2. The zero-order valence-corrected chi connectivity index (χ0v) is 10.6. The van der Waals surface area contributed by atoms with Crippen LogP contribution in [0, 0.1) is 0 Å². The molecule has 18 heavy (non-hydrogen) atoms. The molecule has 0 bridgehead atoms. The second-order valence-electron chi connectivity index (χ2n) is 4.31. The van der Waals surface area contributed by atoms with Crippen molar-refractivity contribution in [1.82, 2.24) is 0 Å². The maximum Gasteiger partial charge on any atom is 0.252 e. The first-order valence-electron chi connectivity index (χ1n) is 5.72. The van der Waals surface area contributed by atoms with Gasteiger partial charge in [0, 0.05) is 11.7 Å². The minimum atomic E-state index is -3.07. The first-order chi connectivity index (χ1) is 8.53. The second kappa shape index (κ2) is 5.27. The number of benzene rings is 1. The number of carbonyl (C=O) groups excluding carboxylic acids is 1. The van der Waals surface area contributed by atoms with Gasteiger partial charge in [0.05, 0.1) is 0 Å². The maximum absolute atomic E-state index is 11.8. The van der Waals surface area contributed by atoms with Crippen LogP contribution in [0.25, 0.3) is 0 Å². The predicted octanol–water partition coefficient (Wildman–Crippen LogP) is 0.850. The number of nitrogens with zero attached hydrogens (tertiary/aromatic N) is 1. The van der Waals surface area contributed by atoms with Gasteiger partial charge in [-0.3, -0.25) is 4.79 Å². The number of aliphatic hydroxyl groups is 1. The number of aliphatic hydroxyl groups excluding tert-OH is 1. The molecule has 1 aliphatic heterocycles. The minimum Gasteiger partial charge on any atom is -0.800 e. The third kappa shape index (κ3) is 2.84. The van der Waals surface area contributed by atoms with Crippen LogP contribution in [0.4, 0.5) is 5.69 Å². The van der Waals surface area contributed by atoms with E-state index in [1.165, 1.54) is 4.90 Å². The lowest BCUT2D eigenvalue weighted by molar-refractivity contribution is -0.121. The van der Waals surface area contributed by atoms with Crippen molar-refractivity contribution in [3.8, 4) is 0 Å². The van der Waals surface area contributed by atoms with E-state index in [1.54, 1.807) is 24.3 Å². The molecule has 0 aliphatic carbocycles. The number of hydrogen-bond acceptors (Lipinski definition) is 4. The summed E-state index contributed by atoms with van der Waals surface area (Å²) in [4.78, 5) is 13.2. The van der Waals surface area contributed by atoms with Crippen molar-refractivity contribution in [2.75, 3.05) is 23.0 Å². The Morgan fingerprint density at radius 2 is 2.06 bits per heavy atom. The van der Waals surface area contributed by atoms with E-state index in [0.717, 1.165) is 0 Å². The van der Waals surface area contributed by atoms with Crippen molar-refractivity contribution in [3.63, 3.8) is 0 Å². The zero-order chi connectivity index (χ0) is 13.2. The normalized spacial score (nSPS) is 23.6. The Hall–Kier alpha value is -1.08. The van der Waals surface area contributed by atoms with E-state index in [2.05, 4.69) is 0 Å². The summed E-state index contributed by atoms with van der Waals surface area (Å²) in [6.07, 6.45) is 0.420. The molecule has 6 heteroatoms. The van der Waals surface area contributed by atoms with Gasteiger partial charge >= 0.3 is 0 Å². The number of rotatable bonds is 3. The van der Waals surface area contributed by atoms with Crippen molar-refractivity contribution < 1.29 is 19.0 Å². The summed E-state index contributed by atoms with van der Waals surface area (Å²) in [5.41, 5.74) is 0.624. The molecule has 1 saturated heterocycles. The van der Waals surface area contributed by atoms with Gasteiger partial charge < -0.3 is 29.7 Å². The van der Waals surface area contributed by atoms with Gasteiger partial charge in [0.15, 0.2) is 0 Å². The Balaban J connectivity index is 2.25. The molecule has 1 amide bonds. The van der Waals surface area contributed by atoms with Crippen molar-refractivity contribution in [1.29, 1.82) is 0 Å². The lowest BCUT2D eigenvalue weighted by atomic mass is 10.2. The summed E-state index contributed by atoms with van der Waals surface area (Å²) in [5.74, 6) is -0.406. The zero-order valence-electron chi connectivity index (χ0n) is 9.82. The molecular weight excluding hydrogens is 254 g/mol. The van der Waals surface area contributed by atoms with E-state index in [1.807, 2.05) is 6.07 Å². The van der Waals surface area contributed by atoms with E-state index in [9.17, 15) is 13.9 Å². The fraction of sp³-hybridized carbons (Fsp3) is 0.417. The molecule has 1 aromatic carbocycles. The van der Waals surface area contributed by atoms with Crippen molar-refractivity contribution in [2.24, 2.45) is 0 Å². The lowest BCUT2D eigenvalue weighted by Crippen LogP contribution is -2.42. The summed E-state index contributed by atoms with van der Waals surface area (Å²) in [6.45, 7) is -0.620. The highest BCUT2D eigenvalue weighted by atomic mass is 32.3.